The summed E-state index contributed by atoms with van der Waals surface area (Å²) in [7, 11) is 0. The van der Waals surface area contributed by atoms with Crippen molar-refractivity contribution < 1.29 is 14.4 Å². The van der Waals surface area contributed by atoms with Gasteiger partial charge in [-0.2, -0.15) is 0 Å². The van der Waals surface area contributed by atoms with Crippen LogP contribution in [0.5, 0.6) is 0 Å². The summed E-state index contributed by atoms with van der Waals surface area (Å²) in [6.07, 6.45) is 3.01. The lowest BCUT2D eigenvalue weighted by atomic mass is 10.1. The number of hydrogen-bond donors (Lipinski definition) is 1. The molecule has 0 spiro atoms. The number of hydrogen-bond acceptors (Lipinski definition) is 3. The maximum Gasteiger partial charge on any atom is 0.230 e. The fraction of sp³-hybridized carbons (Fsp3) is 0.348. The van der Waals surface area contributed by atoms with Crippen LogP contribution in [0.25, 0.3) is 0 Å². The first-order valence-electron chi connectivity index (χ1n) is 10.2. The molecule has 2 heterocycles. The molecule has 0 bridgehead atoms. The Bertz CT molecular complexity index is 984. The van der Waals surface area contributed by atoms with Crippen LogP contribution in [-0.4, -0.2) is 30.8 Å². The SMILES string of the molecule is O=C(Nc1ccccc1)C1CC(=O)N(c2ccc3c(c2)CCN3C(=O)C2CC2)C1. The van der Waals surface area contributed by atoms with Crippen LogP contribution in [0, 0.1) is 11.8 Å². The van der Waals surface area contributed by atoms with Gasteiger partial charge in [-0.3, -0.25) is 14.4 Å². The summed E-state index contributed by atoms with van der Waals surface area (Å²) < 4.78 is 0. The van der Waals surface area contributed by atoms with Gasteiger partial charge >= 0.3 is 0 Å². The van der Waals surface area contributed by atoms with E-state index in [0.717, 1.165) is 41.9 Å². The summed E-state index contributed by atoms with van der Waals surface area (Å²) in [5.74, 6) is -0.114. The van der Waals surface area contributed by atoms with Gasteiger partial charge in [-0.25, -0.2) is 0 Å². The number of carbonyl (C=O) groups excluding carboxylic acids is 3. The molecule has 6 nitrogen and oxygen atoms in total. The average Bonchev–Trinajstić information content (AvgIpc) is 3.38. The first kappa shape index (κ1) is 17.9. The summed E-state index contributed by atoms with van der Waals surface area (Å²) in [5, 5.41) is 2.89. The first-order valence-corrected chi connectivity index (χ1v) is 10.2. The highest BCUT2D eigenvalue weighted by Crippen LogP contribution is 2.38. The van der Waals surface area contributed by atoms with Crippen LogP contribution in [0.2, 0.25) is 0 Å². The van der Waals surface area contributed by atoms with Crippen LogP contribution >= 0.6 is 0 Å². The van der Waals surface area contributed by atoms with E-state index in [1.165, 1.54) is 0 Å². The summed E-state index contributed by atoms with van der Waals surface area (Å²) in [6, 6.07) is 15.1. The molecule has 1 N–H and O–H groups in total. The summed E-state index contributed by atoms with van der Waals surface area (Å²) in [6.45, 7) is 1.09. The normalized spacial score (nSPS) is 20.7. The Hall–Kier alpha value is -3.15. The predicted octanol–water partition coefficient (Wildman–Crippen LogP) is 2.98. The zero-order valence-electron chi connectivity index (χ0n) is 16.1. The van der Waals surface area contributed by atoms with Gasteiger partial charge in [0.15, 0.2) is 0 Å². The fourth-order valence-electron chi connectivity index (χ4n) is 4.23. The highest BCUT2D eigenvalue weighted by molar-refractivity contribution is 6.04. The number of rotatable bonds is 4. The van der Waals surface area contributed by atoms with Crippen molar-refractivity contribution in [3.05, 3.63) is 54.1 Å². The third-order valence-corrected chi connectivity index (χ3v) is 6.00. The molecular weight excluding hydrogens is 366 g/mol. The van der Waals surface area contributed by atoms with Crippen LogP contribution in [0.4, 0.5) is 17.1 Å². The first-order chi connectivity index (χ1) is 14.1. The van der Waals surface area contributed by atoms with E-state index < -0.39 is 0 Å². The van der Waals surface area contributed by atoms with Crippen molar-refractivity contribution in [2.75, 3.05) is 28.2 Å². The van der Waals surface area contributed by atoms with Gasteiger partial charge in [-0.05, 0) is 55.2 Å². The van der Waals surface area contributed by atoms with Gasteiger partial charge < -0.3 is 15.1 Å². The van der Waals surface area contributed by atoms with Crippen molar-refractivity contribution >= 4 is 34.8 Å². The molecule has 1 unspecified atom stereocenters. The highest BCUT2D eigenvalue weighted by atomic mass is 16.2. The van der Waals surface area contributed by atoms with E-state index >= 15 is 0 Å². The Morgan fingerprint density at radius 3 is 2.55 bits per heavy atom. The van der Waals surface area contributed by atoms with Gasteiger partial charge in [0.1, 0.15) is 0 Å². The number of nitrogens with one attached hydrogen (secondary N) is 1. The molecule has 2 aromatic carbocycles. The number of carbonyl (C=O) groups is 3. The van der Waals surface area contributed by atoms with E-state index in [2.05, 4.69) is 5.32 Å². The quantitative estimate of drug-likeness (QED) is 0.874. The minimum Gasteiger partial charge on any atom is -0.326 e. The number of anilines is 3. The number of amides is 3. The van der Waals surface area contributed by atoms with Gasteiger partial charge in [-0.15, -0.1) is 0 Å². The molecule has 1 aliphatic carbocycles. The van der Waals surface area contributed by atoms with Gasteiger partial charge in [0.2, 0.25) is 17.7 Å². The molecular formula is C23H23N3O3. The van der Waals surface area contributed by atoms with Crippen molar-refractivity contribution in [1.29, 1.82) is 0 Å². The average molecular weight is 389 g/mol. The maximum atomic E-state index is 12.6. The van der Waals surface area contributed by atoms with E-state index in [-0.39, 0.29) is 36.0 Å². The summed E-state index contributed by atoms with van der Waals surface area (Å²) >= 11 is 0. The number of nitrogens with zero attached hydrogens (tertiary/aromatic N) is 2. The third kappa shape index (κ3) is 3.39. The molecule has 148 valence electrons. The monoisotopic (exact) mass is 389 g/mol. The lowest BCUT2D eigenvalue weighted by molar-refractivity contribution is -0.122. The Balaban J connectivity index is 1.29. The standard InChI is InChI=1S/C23H23N3O3/c27-21-13-17(22(28)24-18-4-2-1-3-5-18)14-26(21)19-8-9-20-16(12-19)10-11-25(20)23(29)15-6-7-15/h1-5,8-9,12,15,17H,6-7,10-11,13-14H2,(H,24,28). The largest absolute Gasteiger partial charge is 0.326 e. The molecule has 0 radical (unpaired) electrons. The molecule has 5 rings (SSSR count). The second-order valence-electron chi connectivity index (χ2n) is 8.09. The molecule has 2 fully saturated rings. The smallest absolute Gasteiger partial charge is 0.230 e. The molecule has 3 aliphatic rings. The van der Waals surface area contributed by atoms with E-state index in [1.54, 1.807) is 4.90 Å². The minimum absolute atomic E-state index is 0.0397. The molecule has 0 aromatic heterocycles. The molecule has 2 aromatic rings. The third-order valence-electron chi connectivity index (χ3n) is 6.00. The minimum atomic E-state index is -0.371. The highest BCUT2D eigenvalue weighted by Gasteiger charge is 2.38. The molecule has 6 heteroatoms. The molecule has 1 saturated carbocycles. The van der Waals surface area contributed by atoms with Crippen LogP contribution in [0.3, 0.4) is 0 Å². The Kier molecular flexibility index (Phi) is 4.34. The molecule has 1 saturated heterocycles. The Morgan fingerprint density at radius 2 is 1.79 bits per heavy atom. The lowest BCUT2D eigenvalue weighted by Crippen LogP contribution is -2.30. The molecule has 29 heavy (non-hydrogen) atoms. The van der Waals surface area contributed by atoms with Crippen LogP contribution in [0.15, 0.2) is 48.5 Å². The van der Waals surface area contributed by atoms with Crippen molar-refractivity contribution in [2.24, 2.45) is 11.8 Å². The van der Waals surface area contributed by atoms with Gasteiger partial charge in [0.05, 0.1) is 5.92 Å². The van der Waals surface area contributed by atoms with Crippen molar-refractivity contribution in [1.82, 2.24) is 0 Å². The lowest BCUT2D eigenvalue weighted by Gasteiger charge is -2.20. The zero-order chi connectivity index (χ0) is 20.0. The number of fused-ring (bicyclic) bond motifs is 1. The van der Waals surface area contributed by atoms with E-state index in [0.29, 0.717) is 13.1 Å². The molecule has 2 aliphatic heterocycles. The maximum absolute atomic E-state index is 12.6. The zero-order valence-corrected chi connectivity index (χ0v) is 16.1. The van der Waals surface area contributed by atoms with Crippen molar-refractivity contribution in [3.8, 4) is 0 Å². The number of para-hydroxylation sites is 1. The molecule has 3 amide bonds. The topological polar surface area (TPSA) is 69.7 Å². The second kappa shape index (κ2) is 7.03. The van der Waals surface area contributed by atoms with Crippen LogP contribution in [0.1, 0.15) is 24.8 Å². The Labute approximate surface area is 169 Å². The van der Waals surface area contributed by atoms with Gasteiger partial charge in [0, 0.05) is 42.5 Å². The van der Waals surface area contributed by atoms with Crippen LogP contribution < -0.4 is 15.1 Å². The van der Waals surface area contributed by atoms with E-state index in [4.69, 9.17) is 0 Å². The van der Waals surface area contributed by atoms with E-state index in [1.807, 2.05) is 53.4 Å². The fourth-order valence-corrected chi connectivity index (χ4v) is 4.23. The second-order valence-corrected chi connectivity index (χ2v) is 8.09. The Morgan fingerprint density at radius 1 is 1.00 bits per heavy atom. The number of benzene rings is 2. The van der Waals surface area contributed by atoms with Crippen LogP contribution in [-0.2, 0) is 20.8 Å². The van der Waals surface area contributed by atoms with Gasteiger partial charge in [-0.1, -0.05) is 18.2 Å². The van der Waals surface area contributed by atoms with Gasteiger partial charge in [0.25, 0.3) is 0 Å². The summed E-state index contributed by atoms with van der Waals surface area (Å²) in [5.41, 5.74) is 3.61. The van der Waals surface area contributed by atoms with Crippen molar-refractivity contribution in [3.63, 3.8) is 0 Å². The van der Waals surface area contributed by atoms with E-state index in [9.17, 15) is 14.4 Å². The van der Waals surface area contributed by atoms with Crippen molar-refractivity contribution in [2.45, 2.75) is 25.7 Å². The summed E-state index contributed by atoms with van der Waals surface area (Å²) in [4.78, 5) is 41.2. The predicted molar refractivity (Wildman–Crippen MR) is 111 cm³/mol. The molecule has 1 atom stereocenters.